The molecule has 0 spiro atoms. The Balaban J connectivity index is 1.57. The maximum absolute atomic E-state index is 13.4. The minimum Gasteiger partial charge on any atom is -0.483 e. The number of carboxylic acids is 1. The molecule has 0 unspecified atom stereocenters. The van der Waals surface area contributed by atoms with Crippen molar-refractivity contribution < 1.29 is 23.8 Å². The highest BCUT2D eigenvalue weighted by Gasteiger charge is 2.18. The van der Waals surface area contributed by atoms with E-state index in [9.17, 15) is 14.4 Å². The molecule has 10 nitrogen and oxygen atoms in total. The third-order valence-electron chi connectivity index (χ3n) is 5.41. The lowest BCUT2D eigenvalue weighted by atomic mass is 10.1. The Kier molecular flexibility index (Phi) is 7.20. The van der Waals surface area contributed by atoms with Gasteiger partial charge in [-0.25, -0.2) is 0 Å². The van der Waals surface area contributed by atoms with Gasteiger partial charge in [-0.2, -0.15) is 0 Å². The number of nitrogens with zero attached hydrogens (tertiary/aromatic N) is 3. The van der Waals surface area contributed by atoms with Gasteiger partial charge in [0.1, 0.15) is 29.5 Å². The summed E-state index contributed by atoms with van der Waals surface area (Å²) in [5.41, 5.74) is 1.89. The van der Waals surface area contributed by atoms with Crippen LogP contribution in [0.3, 0.4) is 0 Å². The van der Waals surface area contributed by atoms with E-state index >= 15 is 0 Å². The van der Waals surface area contributed by atoms with Crippen molar-refractivity contribution in [2.75, 3.05) is 13.2 Å². The smallest absolute Gasteiger partial charge is 0.303 e. The molecule has 180 valence electrons. The van der Waals surface area contributed by atoms with E-state index in [0.717, 1.165) is 11.3 Å². The lowest BCUT2D eigenvalue weighted by Gasteiger charge is -2.12. The standard InChI is InChI=1S/C25H24N4O6/c1-2-16-11-18-21(12-20(16)35-14-22(30)26-10-6-9-23(31)32)34-13-19(24(18)33)25-28-27-15-29(25)17-7-4-3-5-8-17/h3-5,7-8,11-13,15H,2,6,9-10,14H2,1H3,(H,26,30)(H,31,32). The fourth-order valence-corrected chi connectivity index (χ4v) is 3.62. The number of amides is 1. The molecule has 2 N–H and O–H groups in total. The first-order valence-corrected chi connectivity index (χ1v) is 11.1. The Morgan fingerprint density at radius 1 is 1.20 bits per heavy atom. The second-order valence-electron chi connectivity index (χ2n) is 7.78. The average molecular weight is 476 g/mol. The number of benzene rings is 2. The van der Waals surface area contributed by atoms with E-state index in [-0.39, 0.29) is 36.5 Å². The van der Waals surface area contributed by atoms with Crippen molar-refractivity contribution in [3.05, 3.63) is 70.8 Å². The van der Waals surface area contributed by atoms with Gasteiger partial charge in [-0.3, -0.25) is 19.0 Å². The van der Waals surface area contributed by atoms with Gasteiger partial charge in [0, 0.05) is 24.7 Å². The predicted molar refractivity (Wildman–Crippen MR) is 128 cm³/mol. The Morgan fingerprint density at radius 3 is 2.74 bits per heavy atom. The molecule has 0 atom stereocenters. The van der Waals surface area contributed by atoms with Gasteiger partial charge in [-0.15, -0.1) is 10.2 Å². The molecule has 4 aromatic rings. The van der Waals surface area contributed by atoms with Crippen LogP contribution in [-0.2, 0) is 16.0 Å². The molecular formula is C25H24N4O6. The molecule has 0 saturated heterocycles. The van der Waals surface area contributed by atoms with Crippen molar-refractivity contribution in [3.63, 3.8) is 0 Å². The number of aromatic nitrogens is 3. The number of carbonyl (C=O) groups is 2. The van der Waals surface area contributed by atoms with Gasteiger partial charge in [0.25, 0.3) is 5.91 Å². The number of nitrogens with one attached hydrogen (secondary N) is 1. The molecule has 2 heterocycles. The number of carboxylic acid groups (broad SMARTS) is 1. The SMILES string of the molecule is CCc1cc2c(=O)c(-c3nncn3-c3ccccc3)coc2cc1OCC(=O)NCCCC(=O)O. The monoisotopic (exact) mass is 476 g/mol. The summed E-state index contributed by atoms with van der Waals surface area (Å²) in [7, 11) is 0. The van der Waals surface area contributed by atoms with Gasteiger partial charge in [0.2, 0.25) is 5.43 Å². The summed E-state index contributed by atoms with van der Waals surface area (Å²) < 4.78 is 13.2. The summed E-state index contributed by atoms with van der Waals surface area (Å²) in [6, 6.07) is 12.7. The summed E-state index contributed by atoms with van der Waals surface area (Å²) in [5.74, 6) is -0.479. The van der Waals surface area contributed by atoms with Crippen LogP contribution in [0.5, 0.6) is 5.75 Å². The summed E-state index contributed by atoms with van der Waals surface area (Å²) in [6.07, 6.45) is 3.76. The first-order valence-electron chi connectivity index (χ1n) is 11.1. The second kappa shape index (κ2) is 10.6. The van der Waals surface area contributed by atoms with Crippen LogP contribution in [-0.4, -0.2) is 44.9 Å². The fourth-order valence-electron chi connectivity index (χ4n) is 3.62. The number of para-hydroxylation sites is 1. The molecule has 0 aliphatic carbocycles. The highest BCUT2D eigenvalue weighted by molar-refractivity contribution is 5.83. The molecule has 35 heavy (non-hydrogen) atoms. The van der Waals surface area contributed by atoms with Gasteiger partial charge in [0.05, 0.1) is 5.39 Å². The summed E-state index contributed by atoms with van der Waals surface area (Å²) in [4.78, 5) is 35.9. The fraction of sp³-hybridized carbons (Fsp3) is 0.240. The molecular weight excluding hydrogens is 452 g/mol. The first-order chi connectivity index (χ1) is 17.0. The van der Waals surface area contributed by atoms with E-state index in [1.807, 2.05) is 37.3 Å². The Hall–Kier alpha value is -4.47. The molecule has 2 aromatic heterocycles. The zero-order valence-electron chi connectivity index (χ0n) is 19.1. The van der Waals surface area contributed by atoms with Crippen LogP contribution in [0.25, 0.3) is 28.0 Å². The molecule has 0 aliphatic heterocycles. The maximum Gasteiger partial charge on any atom is 0.303 e. The second-order valence-corrected chi connectivity index (χ2v) is 7.78. The van der Waals surface area contributed by atoms with E-state index in [4.69, 9.17) is 14.3 Å². The Labute approximate surface area is 200 Å². The number of hydrogen-bond donors (Lipinski definition) is 2. The van der Waals surface area contributed by atoms with Crippen LogP contribution >= 0.6 is 0 Å². The summed E-state index contributed by atoms with van der Waals surface area (Å²) in [5, 5.41) is 19.7. The van der Waals surface area contributed by atoms with Gasteiger partial charge in [-0.05, 0) is 36.6 Å². The molecule has 0 fully saturated rings. The maximum atomic E-state index is 13.4. The zero-order chi connectivity index (χ0) is 24.8. The summed E-state index contributed by atoms with van der Waals surface area (Å²) >= 11 is 0. The third kappa shape index (κ3) is 5.37. The first kappa shape index (κ1) is 23.7. The quantitative estimate of drug-likeness (QED) is 0.333. The van der Waals surface area contributed by atoms with E-state index in [0.29, 0.717) is 35.4 Å². The Bertz CT molecular complexity index is 1410. The van der Waals surface area contributed by atoms with E-state index in [1.54, 1.807) is 16.7 Å². The van der Waals surface area contributed by atoms with Crippen molar-refractivity contribution in [2.24, 2.45) is 0 Å². The number of rotatable bonds is 10. The van der Waals surface area contributed by atoms with Crippen molar-refractivity contribution in [3.8, 4) is 22.8 Å². The number of fused-ring (bicyclic) bond motifs is 1. The largest absolute Gasteiger partial charge is 0.483 e. The van der Waals surface area contributed by atoms with E-state index in [1.165, 1.54) is 12.6 Å². The normalized spacial score (nSPS) is 10.9. The summed E-state index contributed by atoms with van der Waals surface area (Å²) in [6.45, 7) is 1.92. The Morgan fingerprint density at radius 2 is 2.00 bits per heavy atom. The van der Waals surface area contributed by atoms with E-state index < -0.39 is 5.97 Å². The highest BCUT2D eigenvalue weighted by Crippen LogP contribution is 2.27. The molecule has 0 aliphatic rings. The molecule has 0 bridgehead atoms. The minimum atomic E-state index is -0.913. The lowest BCUT2D eigenvalue weighted by Crippen LogP contribution is -2.30. The lowest BCUT2D eigenvalue weighted by molar-refractivity contribution is -0.137. The number of aryl methyl sites for hydroxylation is 1. The van der Waals surface area contributed by atoms with Crippen LogP contribution in [0.15, 0.2) is 64.3 Å². The number of hydrogen-bond acceptors (Lipinski definition) is 7. The zero-order valence-corrected chi connectivity index (χ0v) is 19.1. The molecule has 0 radical (unpaired) electrons. The van der Waals surface area contributed by atoms with Crippen molar-refractivity contribution in [2.45, 2.75) is 26.2 Å². The number of ether oxygens (including phenoxy) is 1. The van der Waals surface area contributed by atoms with Crippen LogP contribution in [0.4, 0.5) is 0 Å². The number of aliphatic carboxylic acids is 1. The number of carbonyl (C=O) groups excluding carboxylic acids is 1. The minimum absolute atomic E-state index is 0.0194. The molecule has 2 aromatic carbocycles. The van der Waals surface area contributed by atoms with Crippen molar-refractivity contribution in [1.82, 2.24) is 20.1 Å². The van der Waals surface area contributed by atoms with Gasteiger partial charge < -0.3 is 19.6 Å². The predicted octanol–water partition coefficient (Wildman–Crippen LogP) is 2.96. The molecule has 1 amide bonds. The van der Waals surface area contributed by atoms with Crippen molar-refractivity contribution >= 4 is 22.8 Å². The van der Waals surface area contributed by atoms with Crippen LogP contribution in [0, 0.1) is 0 Å². The van der Waals surface area contributed by atoms with Crippen LogP contribution in [0.1, 0.15) is 25.3 Å². The van der Waals surface area contributed by atoms with Crippen molar-refractivity contribution in [1.29, 1.82) is 0 Å². The molecule has 10 heteroatoms. The van der Waals surface area contributed by atoms with Crippen LogP contribution < -0.4 is 15.5 Å². The van der Waals surface area contributed by atoms with Gasteiger partial charge in [-0.1, -0.05) is 25.1 Å². The third-order valence-corrected chi connectivity index (χ3v) is 5.41. The van der Waals surface area contributed by atoms with Gasteiger partial charge in [0.15, 0.2) is 12.4 Å². The van der Waals surface area contributed by atoms with E-state index in [2.05, 4.69) is 15.5 Å². The van der Waals surface area contributed by atoms with Gasteiger partial charge >= 0.3 is 5.97 Å². The molecule has 4 rings (SSSR count). The molecule has 0 saturated carbocycles. The van der Waals surface area contributed by atoms with Crippen LogP contribution in [0.2, 0.25) is 0 Å². The average Bonchev–Trinajstić information content (AvgIpc) is 3.35. The highest BCUT2D eigenvalue weighted by atomic mass is 16.5. The topological polar surface area (TPSA) is 137 Å².